The van der Waals surface area contributed by atoms with Crippen LogP contribution in [0.3, 0.4) is 0 Å². The van der Waals surface area contributed by atoms with Crippen LogP contribution in [-0.2, 0) is 37.5 Å². The molecule has 1 radical (unpaired) electrons. The summed E-state index contributed by atoms with van der Waals surface area (Å²) in [5.74, 6) is 0. The van der Waals surface area contributed by atoms with Crippen molar-refractivity contribution in [1.29, 1.82) is 0 Å². The topological polar surface area (TPSA) is 29.1 Å². The molecular formula is C3H7NOY-2. The van der Waals surface area contributed by atoms with E-state index in [0.717, 1.165) is 0 Å². The van der Waals surface area contributed by atoms with Crippen molar-refractivity contribution in [2.75, 3.05) is 7.05 Å². The molecule has 0 saturated carbocycles. The van der Waals surface area contributed by atoms with Crippen molar-refractivity contribution in [1.82, 2.24) is 5.32 Å². The van der Waals surface area contributed by atoms with Gasteiger partial charge in [0.1, 0.15) is 0 Å². The summed E-state index contributed by atoms with van der Waals surface area (Å²) < 4.78 is 0. The maximum Gasteiger partial charge on any atom is 0 e. The predicted octanol–water partition coefficient (Wildman–Crippen LogP) is -0.279. The van der Waals surface area contributed by atoms with Crippen LogP contribution in [0.1, 0.15) is 0 Å². The maximum absolute atomic E-state index is 8.94. The zero-order valence-corrected chi connectivity index (χ0v) is 6.82. The molecule has 35 valence electrons. The van der Waals surface area contributed by atoms with Crippen molar-refractivity contribution in [3.8, 4) is 0 Å². The van der Waals surface area contributed by atoms with Crippen LogP contribution in [0.15, 0.2) is 0 Å². The first kappa shape index (κ1) is 16.0. The predicted molar refractivity (Wildman–Crippen MR) is 21.2 cm³/mol. The van der Waals surface area contributed by atoms with Crippen molar-refractivity contribution in [2.24, 2.45) is 0 Å². The summed E-state index contributed by atoms with van der Waals surface area (Å²) in [6.45, 7) is 0. The van der Waals surface area contributed by atoms with Gasteiger partial charge >= 0.3 is 0 Å². The molecule has 0 heterocycles. The van der Waals surface area contributed by atoms with Gasteiger partial charge in [-0.1, -0.05) is 0 Å². The molecule has 3 heteroatoms. The zero-order valence-electron chi connectivity index (χ0n) is 3.99. The van der Waals surface area contributed by atoms with Crippen molar-refractivity contribution in [3.05, 3.63) is 7.43 Å². The van der Waals surface area contributed by atoms with Gasteiger partial charge in [-0.3, -0.25) is 0 Å². The molecule has 0 fully saturated rings. The van der Waals surface area contributed by atoms with E-state index in [0.29, 0.717) is 0 Å². The summed E-state index contributed by atoms with van der Waals surface area (Å²) in [6, 6.07) is 0. The Bertz CT molecular complexity index is 24.8. The van der Waals surface area contributed by atoms with Gasteiger partial charge in [0.05, 0.1) is 0 Å². The molecular weight excluding hydrogens is 155 g/mol. The zero-order chi connectivity index (χ0) is 3.41. The number of nitrogens with one attached hydrogen (secondary N) is 1. The summed E-state index contributed by atoms with van der Waals surface area (Å²) in [6.07, 6.45) is 1.43. The van der Waals surface area contributed by atoms with Gasteiger partial charge in [-0.25, -0.2) is 0 Å². The van der Waals surface area contributed by atoms with E-state index in [1.807, 2.05) is 0 Å². The van der Waals surface area contributed by atoms with Gasteiger partial charge in [0.25, 0.3) is 0 Å². The minimum atomic E-state index is 0. The van der Waals surface area contributed by atoms with E-state index < -0.39 is 0 Å². The fourth-order valence-corrected chi connectivity index (χ4v) is 0. The van der Waals surface area contributed by atoms with E-state index in [2.05, 4.69) is 5.32 Å². The van der Waals surface area contributed by atoms with Crippen LogP contribution in [0.5, 0.6) is 0 Å². The second kappa shape index (κ2) is 17.6. The van der Waals surface area contributed by atoms with E-state index in [9.17, 15) is 0 Å². The number of amides is 1. The first-order valence-corrected chi connectivity index (χ1v) is 0.954. The second-order valence-electron chi connectivity index (χ2n) is 0.352. The van der Waals surface area contributed by atoms with Gasteiger partial charge < -0.3 is 17.5 Å². The van der Waals surface area contributed by atoms with Crippen LogP contribution in [-0.4, -0.2) is 13.5 Å². The Morgan fingerprint density at radius 3 is 1.83 bits per heavy atom. The molecule has 0 aromatic heterocycles. The van der Waals surface area contributed by atoms with Crippen LogP contribution in [0.2, 0.25) is 0 Å². The molecule has 0 atom stereocenters. The van der Waals surface area contributed by atoms with E-state index in [4.69, 9.17) is 4.79 Å². The Labute approximate surface area is 63.6 Å². The first-order chi connectivity index (χ1) is 1.91. The average molecular weight is 162 g/mol. The molecule has 1 amide bonds. The first-order valence-electron chi connectivity index (χ1n) is 0.954. The molecule has 0 rings (SSSR count). The summed E-state index contributed by atoms with van der Waals surface area (Å²) >= 11 is 0. The molecule has 0 aromatic rings. The van der Waals surface area contributed by atoms with E-state index >= 15 is 0 Å². The van der Waals surface area contributed by atoms with Crippen LogP contribution in [0.25, 0.3) is 0 Å². The molecule has 0 aliphatic heterocycles. The van der Waals surface area contributed by atoms with Crippen LogP contribution < -0.4 is 5.32 Å². The third kappa shape index (κ3) is 23.6. The van der Waals surface area contributed by atoms with Crippen LogP contribution in [0, 0.1) is 7.43 Å². The normalized spacial score (nSPS) is 3.50. The van der Waals surface area contributed by atoms with Crippen molar-refractivity contribution < 1.29 is 37.5 Å². The second-order valence-corrected chi connectivity index (χ2v) is 0.352. The quantitative estimate of drug-likeness (QED) is 0.417. The molecule has 1 N–H and O–H groups in total. The molecule has 0 aliphatic rings. The molecule has 0 aromatic carbocycles. The van der Waals surface area contributed by atoms with Gasteiger partial charge in [0, 0.05) is 32.7 Å². The standard InChI is InChI=1S/C2H4NO.CH3.Y/c1-3-2-4;;/h1H3,(H,3,4);1H3;/q2*-1;. The molecule has 0 aliphatic carbocycles. The SMILES string of the molecule is CN[C-]=O.[CH3-].[Y]. The number of carbonyl (C=O) groups excluding carboxylic acids is 1. The molecule has 0 unspecified atom stereocenters. The van der Waals surface area contributed by atoms with E-state index in [-0.39, 0.29) is 40.1 Å². The van der Waals surface area contributed by atoms with Crippen molar-refractivity contribution in [2.45, 2.75) is 0 Å². The number of hydrogen-bond donors (Lipinski definition) is 1. The van der Waals surface area contributed by atoms with Gasteiger partial charge in [0.15, 0.2) is 0 Å². The summed E-state index contributed by atoms with van der Waals surface area (Å²) in [4.78, 5) is 8.94. The van der Waals surface area contributed by atoms with Gasteiger partial charge in [0.2, 0.25) is 0 Å². The van der Waals surface area contributed by atoms with E-state index in [1.165, 1.54) is 13.5 Å². The molecule has 6 heavy (non-hydrogen) atoms. The molecule has 0 saturated heterocycles. The molecule has 2 nitrogen and oxygen atoms in total. The Hall–Kier alpha value is 0.574. The van der Waals surface area contributed by atoms with Crippen LogP contribution in [0.4, 0.5) is 0 Å². The third-order valence-electron chi connectivity index (χ3n) is 0.102. The fourth-order valence-electron chi connectivity index (χ4n) is 0. The van der Waals surface area contributed by atoms with Gasteiger partial charge in [-0.05, 0) is 7.05 Å². The summed E-state index contributed by atoms with van der Waals surface area (Å²) in [5.41, 5.74) is 0. The maximum atomic E-state index is 8.94. The minimum absolute atomic E-state index is 0. The van der Waals surface area contributed by atoms with Crippen LogP contribution >= 0.6 is 0 Å². The Morgan fingerprint density at radius 1 is 1.67 bits per heavy atom. The molecule has 0 bridgehead atoms. The number of hydrogen-bond acceptors (Lipinski definition) is 1. The van der Waals surface area contributed by atoms with Crippen molar-refractivity contribution in [3.63, 3.8) is 0 Å². The Balaban J connectivity index is -0.0000000450. The summed E-state index contributed by atoms with van der Waals surface area (Å²) in [5, 5.41) is 2.12. The fraction of sp³-hybridized carbons (Fsp3) is 0.333. The monoisotopic (exact) mass is 162 g/mol. The van der Waals surface area contributed by atoms with Gasteiger partial charge in [-0.2, -0.15) is 6.41 Å². The third-order valence-corrected chi connectivity index (χ3v) is 0.102. The van der Waals surface area contributed by atoms with Crippen molar-refractivity contribution >= 4 is 6.41 Å². The van der Waals surface area contributed by atoms with E-state index in [1.54, 1.807) is 0 Å². The Morgan fingerprint density at radius 2 is 1.83 bits per heavy atom. The summed E-state index contributed by atoms with van der Waals surface area (Å²) in [7, 11) is 1.51. The Kier molecular flexibility index (Phi) is 46.9. The average Bonchev–Trinajstić information content (AvgIpc) is 1.37. The molecule has 0 spiro atoms. The number of rotatable bonds is 1. The minimum Gasteiger partial charge on any atom is -0.532 e. The largest absolute Gasteiger partial charge is 0.532 e. The van der Waals surface area contributed by atoms with Gasteiger partial charge in [-0.15, -0.1) is 0 Å². The smallest absolute Gasteiger partial charge is 0 e.